The molecule has 2 aromatic carbocycles. The van der Waals surface area contributed by atoms with Crippen molar-refractivity contribution in [2.45, 2.75) is 43.7 Å². The quantitative estimate of drug-likeness (QED) is 0.546. The standard InChI is InChI=1S/C23H21Cl2F3N2O3S/c1-12-5-13(3-4-18(12)21(2,32)20(31)29-17-10-34-11-17)19-9-22(33-30-19,23(26,27)28)14-6-15(24)8-16(25)7-14/h3-8,17,32H,9-11H2,1-2H3,(H,29,31). The summed E-state index contributed by atoms with van der Waals surface area (Å²) in [6, 6.07) is 8.28. The van der Waals surface area contributed by atoms with Crippen LogP contribution in [0, 0.1) is 6.92 Å². The molecule has 0 saturated carbocycles. The van der Waals surface area contributed by atoms with E-state index in [0.717, 1.165) is 23.6 Å². The Morgan fingerprint density at radius 1 is 1.21 bits per heavy atom. The Labute approximate surface area is 208 Å². The lowest BCUT2D eigenvalue weighted by atomic mass is 9.85. The average Bonchev–Trinajstić information content (AvgIpc) is 3.16. The smallest absolute Gasteiger partial charge is 0.376 e. The Morgan fingerprint density at radius 3 is 2.38 bits per heavy atom. The molecular formula is C23H21Cl2F3N2O3S. The van der Waals surface area contributed by atoms with Crippen molar-refractivity contribution < 1.29 is 27.9 Å². The van der Waals surface area contributed by atoms with Crippen LogP contribution < -0.4 is 5.32 Å². The monoisotopic (exact) mass is 532 g/mol. The molecule has 0 radical (unpaired) electrons. The van der Waals surface area contributed by atoms with E-state index in [-0.39, 0.29) is 27.4 Å². The molecule has 0 aromatic heterocycles. The van der Waals surface area contributed by atoms with E-state index < -0.39 is 29.7 Å². The maximum atomic E-state index is 14.2. The zero-order chi connectivity index (χ0) is 24.9. The zero-order valence-electron chi connectivity index (χ0n) is 18.2. The molecule has 0 bridgehead atoms. The van der Waals surface area contributed by atoms with Crippen LogP contribution in [0.1, 0.15) is 35.6 Å². The van der Waals surface area contributed by atoms with Crippen molar-refractivity contribution in [1.82, 2.24) is 5.32 Å². The number of amides is 1. The van der Waals surface area contributed by atoms with Crippen LogP contribution in [-0.4, -0.2) is 40.4 Å². The highest BCUT2D eigenvalue weighted by Gasteiger charge is 2.62. The second-order valence-electron chi connectivity index (χ2n) is 8.60. The molecule has 4 rings (SSSR count). The first-order chi connectivity index (χ1) is 15.8. The van der Waals surface area contributed by atoms with E-state index in [0.29, 0.717) is 16.7 Å². The SMILES string of the molecule is Cc1cc(C2=NOC(c3cc(Cl)cc(Cl)c3)(C(F)(F)F)C2)ccc1C(C)(O)C(=O)NC1CSC1. The molecule has 0 aliphatic carbocycles. The van der Waals surface area contributed by atoms with Gasteiger partial charge in [0.1, 0.15) is 0 Å². The van der Waals surface area contributed by atoms with Crippen LogP contribution in [-0.2, 0) is 20.8 Å². The van der Waals surface area contributed by atoms with Crippen molar-refractivity contribution in [1.29, 1.82) is 0 Å². The van der Waals surface area contributed by atoms with Crippen LogP contribution in [0.3, 0.4) is 0 Å². The van der Waals surface area contributed by atoms with Crippen LogP contribution in [0.2, 0.25) is 10.0 Å². The number of rotatable bonds is 5. The molecule has 1 amide bonds. The Bertz CT molecular complexity index is 1150. The van der Waals surface area contributed by atoms with Crippen LogP contribution in [0.15, 0.2) is 41.6 Å². The minimum Gasteiger partial charge on any atom is -0.376 e. The highest BCUT2D eigenvalue weighted by atomic mass is 35.5. The molecule has 2 aromatic rings. The third-order valence-electron chi connectivity index (χ3n) is 6.01. The van der Waals surface area contributed by atoms with Crippen LogP contribution in [0.4, 0.5) is 13.2 Å². The van der Waals surface area contributed by atoms with Crippen LogP contribution >= 0.6 is 35.0 Å². The number of carbonyl (C=O) groups excluding carboxylic acids is 1. The summed E-state index contributed by atoms with van der Waals surface area (Å²) in [5, 5.41) is 17.6. The maximum Gasteiger partial charge on any atom is 0.435 e. The number of oxime groups is 1. The minimum absolute atomic E-state index is 0.0176. The Kier molecular flexibility index (Phi) is 6.61. The number of nitrogens with one attached hydrogen (secondary N) is 1. The van der Waals surface area contributed by atoms with E-state index in [1.165, 1.54) is 25.1 Å². The number of nitrogens with zero attached hydrogens (tertiary/aromatic N) is 1. The third-order valence-corrected chi connectivity index (χ3v) is 7.73. The summed E-state index contributed by atoms with van der Waals surface area (Å²) >= 11 is 13.6. The number of alkyl halides is 3. The fourth-order valence-corrected chi connectivity index (χ4v) is 5.17. The molecule has 2 aliphatic heterocycles. The molecule has 2 atom stereocenters. The van der Waals surface area contributed by atoms with Gasteiger partial charge in [-0.2, -0.15) is 24.9 Å². The number of halogens is 5. The number of thioether (sulfide) groups is 1. The first kappa shape index (κ1) is 25.2. The van der Waals surface area contributed by atoms with E-state index in [1.54, 1.807) is 24.8 Å². The Morgan fingerprint density at radius 2 is 1.85 bits per heavy atom. The molecule has 2 unspecified atom stereocenters. The van der Waals surface area contributed by atoms with Crippen LogP contribution in [0.25, 0.3) is 0 Å². The first-order valence-corrected chi connectivity index (χ1v) is 12.3. The van der Waals surface area contributed by atoms with Crippen molar-refractivity contribution in [3.05, 3.63) is 68.7 Å². The summed E-state index contributed by atoms with van der Waals surface area (Å²) in [5.74, 6) is 1.06. The van der Waals surface area contributed by atoms with Gasteiger partial charge in [-0.15, -0.1) is 0 Å². The van der Waals surface area contributed by atoms with Gasteiger partial charge in [-0.05, 0) is 54.8 Å². The molecule has 0 spiro atoms. The number of hydrogen-bond donors (Lipinski definition) is 2. The summed E-state index contributed by atoms with van der Waals surface area (Å²) < 4.78 is 42.7. The predicted molar refractivity (Wildman–Crippen MR) is 126 cm³/mol. The van der Waals surface area contributed by atoms with Gasteiger partial charge < -0.3 is 15.3 Å². The Balaban J connectivity index is 1.62. The van der Waals surface area contributed by atoms with E-state index in [2.05, 4.69) is 10.5 Å². The van der Waals surface area contributed by atoms with Gasteiger partial charge >= 0.3 is 6.18 Å². The summed E-state index contributed by atoms with van der Waals surface area (Å²) in [4.78, 5) is 17.6. The van der Waals surface area contributed by atoms with Crippen molar-refractivity contribution in [2.75, 3.05) is 11.5 Å². The van der Waals surface area contributed by atoms with Gasteiger partial charge in [0.05, 0.1) is 5.71 Å². The Hall–Kier alpha value is -1.94. The van der Waals surface area contributed by atoms with Gasteiger partial charge in [-0.1, -0.05) is 40.5 Å². The number of hydrogen-bond acceptors (Lipinski definition) is 5. The van der Waals surface area contributed by atoms with Gasteiger partial charge in [0.2, 0.25) is 0 Å². The van der Waals surface area contributed by atoms with E-state index in [9.17, 15) is 23.1 Å². The first-order valence-electron chi connectivity index (χ1n) is 10.3. The lowest BCUT2D eigenvalue weighted by Gasteiger charge is -2.31. The molecule has 5 nitrogen and oxygen atoms in total. The normalized spacial score (nSPS) is 22.4. The number of carbonyl (C=O) groups is 1. The van der Waals surface area contributed by atoms with E-state index >= 15 is 0 Å². The van der Waals surface area contributed by atoms with Gasteiger partial charge in [0, 0.05) is 39.6 Å². The minimum atomic E-state index is -4.80. The fraction of sp³-hybridized carbons (Fsp3) is 0.391. The number of aliphatic hydroxyl groups is 1. The second kappa shape index (κ2) is 8.93. The van der Waals surface area contributed by atoms with Crippen LogP contribution in [0.5, 0.6) is 0 Å². The highest BCUT2D eigenvalue weighted by Crippen LogP contribution is 2.49. The highest BCUT2D eigenvalue weighted by molar-refractivity contribution is 8.00. The third kappa shape index (κ3) is 4.51. The molecule has 11 heteroatoms. The molecule has 1 saturated heterocycles. The topological polar surface area (TPSA) is 70.9 Å². The van der Waals surface area contributed by atoms with E-state index in [4.69, 9.17) is 28.0 Å². The number of aryl methyl sites for hydroxylation is 1. The fourth-order valence-electron chi connectivity index (χ4n) is 4.00. The van der Waals surface area contributed by atoms with Gasteiger partial charge in [-0.3, -0.25) is 4.79 Å². The molecule has 1 fully saturated rings. The lowest BCUT2D eigenvalue weighted by molar-refractivity contribution is -0.275. The summed E-state index contributed by atoms with van der Waals surface area (Å²) in [6.07, 6.45) is -5.40. The summed E-state index contributed by atoms with van der Waals surface area (Å²) in [5.41, 5.74) is -3.47. The zero-order valence-corrected chi connectivity index (χ0v) is 20.5. The van der Waals surface area contributed by atoms with Gasteiger partial charge in [0.25, 0.3) is 11.5 Å². The van der Waals surface area contributed by atoms with Crippen molar-refractivity contribution in [3.63, 3.8) is 0 Å². The van der Waals surface area contributed by atoms with Crippen molar-refractivity contribution in [3.8, 4) is 0 Å². The van der Waals surface area contributed by atoms with Gasteiger partial charge in [0.15, 0.2) is 5.60 Å². The summed E-state index contributed by atoms with van der Waals surface area (Å²) in [6.45, 7) is 3.06. The molecular weight excluding hydrogens is 512 g/mol. The van der Waals surface area contributed by atoms with Crippen molar-refractivity contribution >= 4 is 46.6 Å². The predicted octanol–water partition coefficient (Wildman–Crippen LogP) is 5.32. The maximum absolute atomic E-state index is 14.2. The van der Waals surface area contributed by atoms with E-state index in [1.807, 2.05) is 0 Å². The molecule has 2 aliphatic rings. The summed E-state index contributed by atoms with van der Waals surface area (Å²) in [7, 11) is 0. The number of benzene rings is 2. The van der Waals surface area contributed by atoms with Gasteiger partial charge in [-0.25, -0.2) is 0 Å². The molecule has 2 heterocycles. The molecule has 34 heavy (non-hydrogen) atoms. The average molecular weight is 533 g/mol. The second-order valence-corrected chi connectivity index (χ2v) is 10.5. The lowest BCUT2D eigenvalue weighted by Crippen LogP contribution is -2.51. The molecule has 182 valence electrons. The largest absolute Gasteiger partial charge is 0.435 e. The molecule has 2 N–H and O–H groups in total. The van der Waals surface area contributed by atoms with Crippen molar-refractivity contribution in [2.24, 2.45) is 5.16 Å².